The third kappa shape index (κ3) is 2.35. The predicted molar refractivity (Wildman–Crippen MR) is 69.7 cm³/mol. The Labute approximate surface area is 109 Å². The largest absolute Gasteiger partial charge is 0.282 e. The van der Waals surface area contributed by atoms with Crippen molar-refractivity contribution in [3.63, 3.8) is 0 Å². The number of aromatic nitrogens is 4. The van der Waals surface area contributed by atoms with Gasteiger partial charge in [0.1, 0.15) is 5.69 Å². The fourth-order valence-corrected chi connectivity index (χ4v) is 1.81. The minimum Gasteiger partial charge on any atom is -0.282 e. The highest BCUT2D eigenvalue weighted by Crippen LogP contribution is 2.21. The molecule has 0 fully saturated rings. The minimum absolute atomic E-state index is 0.497. The smallest absolute Gasteiger partial charge is 0.212 e. The van der Waals surface area contributed by atoms with Crippen molar-refractivity contribution in [1.82, 2.24) is 20.2 Å². The van der Waals surface area contributed by atoms with Crippen LogP contribution in [0.15, 0.2) is 42.6 Å². The number of aryl methyl sites for hydroxylation is 1. The van der Waals surface area contributed by atoms with Crippen LogP contribution in [0, 0.1) is 12.9 Å². The van der Waals surface area contributed by atoms with E-state index in [1.807, 2.05) is 31.2 Å². The van der Waals surface area contributed by atoms with Gasteiger partial charge in [-0.25, -0.2) is 9.97 Å². The number of H-pyrrole nitrogens is 1. The molecule has 0 saturated heterocycles. The number of halogens is 1. The molecule has 0 radical (unpaired) electrons. The first-order valence-electron chi connectivity index (χ1n) is 5.84. The van der Waals surface area contributed by atoms with Crippen LogP contribution >= 0.6 is 0 Å². The summed E-state index contributed by atoms with van der Waals surface area (Å²) in [5.74, 6) is -0.497. The van der Waals surface area contributed by atoms with Gasteiger partial charge < -0.3 is 0 Å². The van der Waals surface area contributed by atoms with Gasteiger partial charge in [-0.1, -0.05) is 6.07 Å². The van der Waals surface area contributed by atoms with Gasteiger partial charge in [0.05, 0.1) is 11.4 Å². The standard InChI is InChI=1S/C14H11FN4/c1-9-7-13(19-18-9)12-4-2-3-11(17-12)10-5-6-14(15)16-8-10/h2-8H,1H3,(H,18,19). The van der Waals surface area contributed by atoms with Crippen LogP contribution in [0.5, 0.6) is 0 Å². The first-order valence-corrected chi connectivity index (χ1v) is 5.84. The second kappa shape index (κ2) is 4.61. The van der Waals surface area contributed by atoms with Gasteiger partial charge in [0, 0.05) is 17.5 Å². The summed E-state index contributed by atoms with van der Waals surface area (Å²) in [7, 11) is 0. The van der Waals surface area contributed by atoms with Crippen LogP contribution in [-0.2, 0) is 0 Å². The lowest BCUT2D eigenvalue weighted by Crippen LogP contribution is -1.89. The number of aromatic amines is 1. The van der Waals surface area contributed by atoms with Crippen molar-refractivity contribution in [2.45, 2.75) is 6.92 Å². The molecule has 0 bridgehead atoms. The molecule has 0 atom stereocenters. The molecule has 3 heterocycles. The Morgan fingerprint density at radius 3 is 2.58 bits per heavy atom. The van der Waals surface area contributed by atoms with E-state index in [-0.39, 0.29) is 0 Å². The van der Waals surface area contributed by atoms with Crippen molar-refractivity contribution in [3.05, 3.63) is 54.2 Å². The fraction of sp³-hybridized carbons (Fsp3) is 0.0714. The van der Waals surface area contributed by atoms with E-state index in [0.717, 1.165) is 28.3 Å². The number of rotatable bonds is 2. The molecule has 0 unspecified atom stereocenters. The van der Waals surface area contributed by atoms with E-state index in [0.29, 0.717) is 0 Å². The molecule has 19 heavy (non-hydrogen) atoms. The molecule has 0 saturated carbocycles. The quantitative estimate of drug-likeness (QED) is 0.715. The van der Waals surface area contributed by atoms with Crippen LogP contribution in [0.25, 0.3) is 22.6 Å². The molecule has 3 aromatic heterocycles. The number of hydrogen-bond acceptors (Lipinski definition) is 3. The van der Waals surface area contributed by atoms with Gasteiger partial charge in [-0.3, -0.25) is 5.10 Å². The van der Waals surface area contributed by atoms with E-state index in [1.165, 1.54) is 12.3 Å². The van der Waals surface area contributed by atoms with Gasteiger partial charge in [0.25, 0.3) is 0 Å². The number of nitrogens with zero attached hydrogens (tertiary/aromatic N) is 3. The third-order valence-electron chi connectivity index (χ3n) is 2.74. The normalized spacial score (nSPS) is 10.6. The van der Waals surface area contributed by atoms with Crippen LogP contribution in [0.1, 0.15) is 5.69 Å². The SMILES string of the molecule is Cc1cc(-c2cccc(-c3ccc(F)nc3)n2)n[nH]1. The Morgan fingerprint density at radius 1 is 1.05 bits per heavy atom. The summed E-state index contributed by atoms with van der Waals surface area (Å²) in [6, 6.07) is 10.5. The average molecular weight is 254 g/mol. The molecule has 1 N–H and O–H groups in total. The lowest BCUT2D eigenvalue weighted by molar-refractivity contribution is 0.584. The summed E-state index contributed by atoms with van der Waals surface area (Å²) < 4.78 is 12.8. The molecule has 0 aliphatic heterocycles. The highest BCUT2D eigenvalue weighted by molar-refractivity contribution is 5.63. The van der Waals surface area contributed by atoms with E-state index < -0.39 is 5.95 Å². The van der Waals surface area contributed by atoms with Crippen molar-refractivity contribution >= 4 is 0 Å². The van der Waals surface area contributed by atoms with Gasteiger partial charge in [-0.05, 0) is 37.3 Å². The molecule has 0 aromatic carbocycles. The molecule has 4 nitrogen and oxygen atoms in total. The minimum atomic E-state index is -0.497. The maximum Gasteiger partial charge on any atom is 0.212 e. The second-order valence-electron chi connectivity index (χ2n) is 4.21. The summed E-state index contributed by atoms with van der Waals surface area (Å²) in [5.41, 5.74) is 4.05. The Kier molecular flexibility index (Phi) is 2.79. The monoisotopic (exact) mass is 254 g/mol. The highest BCUT2D eigenvalue weighted by Gasteiger charge is 2.06. The van der Waals surface area contributed by atoms with Gasteiger partial charge in [0.2, 0.25) is 5.95 Å². The summed E-state index contributed by atoms with van der Waals surface area (Å²) >= 11 is 0. The Hall–Kier alpha value is -2.56. The molecule has 94 valence electrons. The van der Waals surface area contributed by atoms with Crippen molar-refractivity contribution in [2.75, 3.05) is 0 Å². The fourth-order valence-electron chi connectivity index (χ4n) is 1.81. The zero-order chi connectivity index (χ0) is 13.2. The first kappa shape index (κ1) is 11.5. The zero-order valence-electron chi connectivity index (χ0n) is 10.3. The van der Waals surface area contributed by atoms with Crippen LogP contribution in [-0.4, -0.2) is 20.2 Å². The number of pyridine rings is 2. The maximum atomic E-state index is 12.8. The van der Waals surface area contributed by atoms with E-state index >= 15 is 0 Å². The van der Waals surface area contributed by atoms with Crippen molar-refractivity contribution in [3.8, 4) is 22.6 Å². The van der Waals surface area contributed by atoms with Gasteiger partial charge >= 0.3 is 0 Å². The topological polar surface area (TPSA) is 54.5 Å². The van der Waals surface area contributed by atoms with Gasteiger partial charge in [-0.2, -0.15) is 9.49 Å². The molecule has 3 aromatic rings. The Bertz CT molecular complexity index is 703. The molecular weight excluding hydrogens is 243 g/mol. The van der Waals surface area contributed by atoms with Crippen molar-refractivity contribution in [1.29, 1.82) is 0 Å². The molecule has 0 spiro atoms. The summed E-state index contributed by atoms with van der Waals surface area (Å²) in [6.45, 7) is 1.93. The van der Waals surface area contributed by atoms with Crippen LogP contribution in [0.4, 0.5) is 4.39 Å². The number of nitrogens with one attached hydrogen (secondary N) is 1. The summed E-state index contributed by atoms with van der Waals surface area (Å²) in [5, 5.41) is 7.05. The van der Waals surface area contributed by atoms with E-state index in [4.69, 9.17) is 0 Å². The van der Waals surface area contributed by atoms with Crippen LogP contribution < -0.4 is 0 Å². The molecule has 3 rings (SSSR count). The van der Waals surface area contributed by atoms with Gasteiger partial charge in [0.15, 0.2) is 0 Å². The Morgan fingerprint density at radius 2 is 1.89 bits per heavy atom. The van der Waals surface area contributed by atoms with E-state index in [1.54, 1.807) is 6.07 Å². The highest BCUT2D eigenvalue weighted by atomic mass is 19.1. The zero-order valence-corrected chi connectivity index (χ0v) is 10.3. The summed E-state index contributed by atoms with van der Waals surface area (Å²) in [6.07, 6.45) is 1.47. The molecular formula is C14H11FN4. The third-order valence-corrected chi connectivity index (χ3v) is 2.74. The lowest BCUT2D eigenvalue weighted by atomic mass is 10.1. The molecule has 0 amide bonds. The lowest BCUT2D eigenvalue weighted by Gasteiger charge is -2.02. The maximum absolute atomic E-state index is 12.8. The van der Waals surface area contributed by atoms with Crippen LogP contribution in [0.3, 0.4) is 0 Å². The predicted octanol–water partition coefficient (Wildman–Crippen LogP) is 2.98. The first-order chi connectivity index (χ1) is 9.22. The van der Waals surface area contributed by atoms with Crippen molar-refractivity contribution < 1.29 is 4.39 Å². The van der Waals surface area contributed by atoms with E-state index in [9.17, 15) is 4.39 Å². The van der Waals surface area contributed by atoms with Gasteiger partial charge in [-0.15, -0.1) is 0 Å². The number of hydrogen-bond donors (Lipinski definition) is 1. The van der Waals surface area contributed by atoms with Crippen LogP contribution in [0.2, 0.25) is 0 Å². The average Bonchev–Trinajstić information content (AvgIpc) is 2.86. The van der Waals surface area contributed by atoms with E-state index in [2.05, 4.69) is 20.2 Å². The molecule has 0 aliphatic carbocycles. The Balaban J connectivity index is 2.02. The second-order valence-corrected chi connectivity index (χ2v) is 4.21. The molecule has 5 heteroatoms. The molecule has 0 aliphatic rings. The van der Waals surface area contributed by atoms with Crippen molar-refractivity contribution in [2.24, 2.45) is 0 Å². The summed E-state index contributed by atoms with van der Waals surface area (Å²) in [4.78, 5) is 8.14.